The summed E-state index contributed by atoms with van der Waals surface area (Å²) >= 11 is 0. The van der Waals surface area contributed by atoms with Gasteiger partial charge in [0.05, 0.1) is 0 Å². The van der Waals surface area contributed by atoms with Crippen LogP contribution >= 0.6 is 0 Å². The molecule has 2 nitrogen and oxygen atoms in total. The van der Waals surface area contributed by atoms with Crippen LogP contribution in [0.4, 0.5) is 0 Å². The summed E-state index contributed by atoms with van der Waals surface area (Å²) < 4.78 is 6.00. The zero-order chi connectivity index (χ0) is 23.8. The first-order valence-electron chi connectivity index (χ1n) is 11.3. The van der Waals surface area contributed by atoms with E-state index in [1.54, 1.807) is 6.92 Å². The van der Waals surface area contributed by atoms with Crippen LogP contribution in [0.25, 0.3) is 12.2 Å². The van der Waals surface area contributed by atoms with Crippen molar-refractivity contribution >= 4 is 17.9 Å². The third-order valence-corrected chi connectivity index (χ3v) is 5.85. The van der Waals surface area contributed by atoms with Gasteiger partial charge >= 0.3 is 0 Å². The second-order valence-corrected chi connectivity index (χ2v) is 8.36. The Morgan fingerprint density at radius 3 is 2.39 bits per heavy atom. The summed E-state index contributed by atoms with van der Waals surface area (Å²) in [5, 5.41) is 0. The molecule has 0 aliphatic carbocycles. The molecule has 0 atom stereocenters. The Balaban J connectivity index is 1.70. The molecule has 0 aliphatic heterocycles. The summed E-state index contributed by atoms with van der Waals surface area (Å²) in [4.78, 5) is 12.2. The van der Waals surface area contributed by atoms with E-state index in [0.717, 1.165) is 35.3 Å². The van der Waals surface area contributed by atoms with Gasteiger partial charge in [-0.3, -0.25) is 4.79 Å². The van der Waals surface area contributed by atoms with Gasteiger partial charge in [0.15, 0.2) is 5.78 Å². The van der Waals surface area contributed by atoms with Gasteiger partial charge in [0.1, 0.15) is 12.4 Å². The molecule has 33 heavy (non-hydrogen) atoms. The third kappa shape index (κ3) is 6.43. The van der Waals surface area contributed by atoms with E-state index >= 15 is 0 Å². The zero-order valence-electron chi connectivity index (χ0n) is 19.9. The van der Waals surface area contributed by atoms with Gasteiger partial charge in [-0.15, -0.1) is 0 Å². The summed E-state index contributed by atoms with van der Waals surface area (Å²) in [5.41, 5.74) is 8.63. The SMILES string of the molecule is C=Cc1c(C)cccc1CCc1cc(OCC(=C)/C=C\c2ccccc2C)ccc1C(C)=O. The molecule has 0 amide bonds. The van der Waals surface area contributed by atoms with Crippen LogP contribution in [0, 0.1) is 13.8 Å². The lowest BCUT2D eigenvalue weighted by Crippen LogP contribution is -2.05. The lowest BCUT2D eigenvalue weighted by atomic mass is 9.94. The smallest absolute Gasteiger partial charge is 0.160 e. The van der Waals surface area contributed by atoms with Crippen LogP contribution in [0.3, 0.4) is 0 Å². The van der Waals surface area contributed by atoms with Crippen molar-refractivity contribution < 1.29 is 9.53 Å². The van der Waals surface area contributed by atoms with Gasteiger partial charge in [0.2, 0.25) is 0 Å². The van der Waals surface area contributed by atoms with E-state index in [1.807, 2.05) is 42.5 Å². The highest BCUT2D eigenvalue weighted by Crippen LogP contribution is 2.23. The Morgan fingerprint density at radius 2 is 1.67 bits per heavy atom. The third-order valence-electron chi connectivity index (χ3n) is 5.85. The van der Waals surface area contributed by atoms with Crippen LogP contribution in [0.15, 0.2) is 85.5 Å². The van der Waals surface area contributed by atoms with E-state index in [0.29, 0.717) is 6.61 Å². The van der Waals surface area contributed by atoms with Crippen molar-refractivity contribution in [2.45, 2.75) is 33.6 Å². The molecule has 3 aromatic rings. The molecule has 0 spiro atoms. The van der Waals surface area contributed by atoms with E-state index < -0.39 is 0 Å². The van der Waals surface area contributed by atoms with Crippen molar-refractivity contribution in [2.75, 3.05) is 6.61 Å². The number of hydrogen-bond acceptors (Lipinski definition) is 2. The fourth-order valence-electron chi connectivity index (χ4n) is 3.94. The van der Waals surface area contributed by atoms with Crippen molar-refractivity contribution in [3.05, 3.63) is 124 Å². The maximum absolute atomic E-state index is 12.2. The number of Topliss-reactive ketones (excluding diaryl/α,β-unsaturated/α-hetero) is 1. The quantitative estimate of drug-likeness (QED) is 0.242. The van der Waals surface area contributed by atoms with Crippen molar-refractivity contribution in [3.8, 4) is 5.75 Å². The minimum Gasteiger partial charge on any atom is -0.489 e. The van der Waals surface area contributed by atoms with Crippen LogP contribution in [0.2, 0.25) is 0 Å². The van der Waals surface area contributed by atoms with Crippen LogP contribution in [0.1, 0.15) is 50.7 Å². The molecule has 168 valence electrons. The van der Waals surface area contributed by atoms with Crippen LogP contribution in [0.5, 0.6) is 5.75 Å². The summed E-state index contributed by atoms with van der Waals surface area (Å²) in [5.74, 6) is 0.809. The van der Waals surface area contributed by atoms with E-state index in [2.05, 4.69) is 63.4 Å². The minimum absolute atomic E-state index is 0.0651. The zero-order valence-corrected chi connectivity index (χ0v) is 19.9. The first-order chi connectivity index (χ1) is 15.9. The molecule has 3 rings (SSSR count). The number of hydrogen-bond donors (Lipinski definition) is 0. The summed E-state index contributed by atoms with van der Waals surface area (Å²) in [7, 11) is 0. The van der Waals surface area contributed by atoms with Crippen molar-refractivity contribution in [1.29, 1.82) is 0 Å². The molecule has 0 bridgehead atoms. The molecule has 0 saturated carbocycles. The van der Waals surface area contributed by atoms with Gasteiger partial charge in [-0.1, -0.05) is 73.9 Å². The van der Waals surface area contributed by atoms with E-state index in [-0.39, 0.29) is 5.78 Å². The van der Waals surface area contributed by atoms with E-state index in [9.17, 15) is 4.79 Å². The second kappa shape index (κ2) is 11.3. The van der Waals surface area contributed by atoms with Gasteiger partial charge < -0.3 is 4.74 Å². The fourth-order valence-corrected chi connectivity index (χ4v) is 3.94. The Kier molecular flexibility index (Phi) is 8.21. The number of benzene rings is 3. The lowest BCUT2D eigenvalue weighted by Gasteiger charge is -2.13. The highest BCUT2D eigenvalue weighted by Gasteiger charge is 2.11. The standard InChI is InChI=1S/C31H32O2/c1-6-30-24(4)11-9-13-27(30)16-17-28-20-29(18-19-31(28)25(5)32)33-21-22(2)14-15-26-12-8-7-10-23(26)3/h6-15,18-20H,1-2,16-17,21H2,3-5H3/b15-14-. The Bertz CT molecular complexity index is 1200. The number of aryl methyl sites for hydroxylation is 4. The number of carbonyl (C=O) groups excluding carboxylic acids is 1. The molecular weight excluding hydrogens is 404 g/mol. The predicted molar refractivity (Wildman–Crippen MR) is 140 cm³/mol. The molecule has 0 N–H and O–H groups in total. The van der Waals surface area contributed by atoms with Crippen LogP contribution in [-0.2, 0) is 12.8 Å². The van der Waals surface area contributed by atoms with Crippen molar-refractivity contribution in [1.82, 2.24) is 0 Å². The maximum Gasteiger partial charge on any atom is 0.160 e. The molecule has 2 heteroatoms. The molecule has 3 aromatic carbocycles. The number of rotatable bonds is 10. The van der Waals surface area contributed by atoms with Gasteiger partial charge in [0, 0.05) is 5.56 Å². The maximum atomic E-state index is 12.2. The topological polar surface area (TPSA) is 26.3 Å². The molecule has 0 heterocycles. The summed E-state index contributed by atoms with van der Waals surface area (Å²) in [6.07, 6.45) is 7.54. The molecular formula is C31H32O2. The molecule has 0 fully saturated rings. The first kappa shape index (κ1) is 24.0. The number of ketones is 1. The number of ether oxygens (including phenoxy) is 1. The lowest BCUT2D eigenvalue weighted by molar-refractivity contribution is 0.101. The monoisotopic (exact) mass is 436 g/mol. The van der Waals surface area contributed by atoms with Gasteiger partial charge in [0.25, 0.3) is 0 Å². The molecule has 0 saturated heterocycles. The normalized spacial score (nSPS) is 10.9. The molecule has 0 aromatic heterocycles. The molecule has 0 radical (unpaired) electrons. The van der Waals surface area contributed by atoms with Crippen molar-refractivity contribution in [2.24, 2.45) is 0 Å². The van der Waals surface area contributed by atoms with Gasteiger partial charge in [-0.2, -0.15) is 0 Å². The molecule has 0 aliphatic rings. The van der Waals surface area contributed by atoms with Crippen molar-refractivity contribution in [3.63, 3.8) is 0 Å². The Labute approximate surface area is 197 Å². The Morgan fingerprint density at radius 1 is 0.939 bits per heavy atom. The second-order valence-electron chi connectivity index (χ2n) is 8.36. The average molecular weight is 437 g/mol. The summed E-state index contributed by atoms with van der Waals surface area (Å²) in [6, 6.07) is 20.2. The Hall–Kier alpha value is -3.65. The van der Waals surface area contributed by atoms with Gasteiger partial charge in [-0.25, -0.2) is 0 Å². The van der Waals surface area contributed by atoms with E-state index in [4.69, 9.17) is 4.74 Å². The summed E-state index contributed by atoms with van der Waals surface area (Å²) in [6.45, 7) is 14.3. The predicted octanol–water partition coefficient (Wildman–Crippen LogP) is 7.58. The van der Waals surface area contributed by atoms with Crippen LogP contribution < -0.4 is 4.74 Å². The highest BCUT2D eigenvalue weighted by molar-refractivity contribution is 5.95. The number of carbonyl (C=O) groups is 1. The molecule has 0 unspecified atom stereocenters. The average Bonchev–Trinajstić information content (AvgIpc) is 2.80. The van der Waals surface area contributed by atoms with E-state index in [1.165, 1.54) is 27.8 Å². The van der Waals surface area contributed by atoms with Crippen LogP contribution in [-0.4, -0.2) is 12.4 Å². The largest absolute Gasteiger partial charge is 0.489 e. The highest BCUT2D eigenvalue weighted by atomic mass is 16.5. The van der Waals surface area contributed by atoms with Gasteiger partial charge in [-0.05, 0) is 90.8 Å². The minimum atomic E-state index is 0.0651. The first-order valence-corrected chi connectivity index (χ1v) is 11.3. The fraction of sp³-hybridized carbons (Fsp3) is 0.194.